The first-order chi connectivity index (χ1) is 12.0. The highest BCUT2D eigenvalue weighted by molar-refractivity contribution is 9.10. The molecule has 0 aliphatic heterocycles. The lowest BCUT2D eigenvalue weighted by Crippen LogP contribution is -2.16. The smallest absolute Gasteiger partial charge is 0.293 e. The maximum Gasteiger partial charge on any atom is 0.293 e. The molecule has 3 aromatic heterocycles. The first kappa shape index (κ1) is 17.3. The normalized spacial score (nSPS) is 10.5. The Labute approximate surface area is 155 Å². The fourth-order valence-corrected chi connectivity index (χ4v) is 3.01. The highest BCUT2D eigenvalue weighted by Crippen LogP contribution is 2.19. The number of aromatic nitrogens is 2. The van der Waals surface area contributed by atoms with E-state index in [-0.39, 0.29) is 18.1 Å². The van der Waals surface area contributed by atoms with Crippen LogP contribution < -0.4 is 10.6 Å². The molecule has 0 aliphatic carbocycles. The van der Waals surface area contributed by atoms with Gasteiger partial charge in [0.2, 0.25) is 5.91 Å². The standard InChI is InChI=1S/C16H13BrN4O3S/c1-9-4-5-18-13(6-9)20-14(22)7-10-8-25-16(19-10)21-15(23)11-2-3-12(17)24-11/h2-6,8H,7H2,1H3,(H,18,20,22)(H,19,21,23). The van der Waals surface area contributed by atoms with Crippen molar-refractivity contribution in [3.8, 4) is 0 Å². The second kappa shape index (κ2) is 7.58. The van der Waals surface area contributed by atoms with Crippen LogP contribution in [0.5, 0.6) is 0 Å². The summed E-state index contributed by atoms with van der Waals surface area (Å²) in [6.07, 6.45) is 1.72. The molecule has 0 aliphatic rings. The van der Waals surface area contributed by atoms with Crippen molar-refractivity contribution in [1.82, 2.24) is 9.97 Å². The Hall–Kier alpha value is -2.52. The fourth-order valence-electron chi connectivity index (χ4n) is 2.00. The molecule has 7 nitrogen and oxygen atoms in total. The second-order valence-corrected chi connectivity index (χ2v) is 6.78. The van der Waals surface area contributed by atoms with Gasteiger partial charge in [0, 0.05) is 11.6 Å². The number of halogens is 1. The number of hydrogen-bond donors (Lipinski definition) is 2. The average molecular weight is 421 g/mol. The molecule has 0 bridgehead atoms. The van der Waals surface area contributed by atoms with E-state index in [0.29, 0.717) is 21.3 Å². The van der Waals surface area contributed by atoms with Crippen molar-refractivity contribution < 1.29 is 14.0 Å². The summed E-state index contributed by atoms with van der Waals surface area (Å²) in [5.41, 5.74) is 1.57. The molecule has 0 unspecified atom stereocenters. The van der Waals surface area contributed by atoms with Gasteiger partial charge in [-0.2, -0.15) is 0 Å². The molecule has 2 N–H and O–H groups in total. The number of amides is 2. The average Bonchev–Trinajstić information content (AvgIpc) is 3.16. The SMILES string of the molecule is Cc1ccnc(NC(=O)Cc2csc(NC(=O)c3ccc(Br)o3)n2)c1. The lowest BCUT2D eigenvalue weighted by atomic mass is 10.3. The van der Waals surface area contributed by atoms with Gasteiger partial charge in [0.1, 0.15) is 5.82 Å². The van der Waals surface area contributed by atoms with E-state index in [2.05, 4.69) is 36.5 Å². The first-order valence-electron chi connectivity index (χ1n) is 7.23. The van der Waals surface area contributed by atoms with E-state index in [9.17, 15) is 9.59 Å². The van der Waals surface area contributed by atoms with E-state index in [1.807, 2.05) is 13.0 Å². The zero-order valence-corrected chi connectivity index (χ0v) is 15.5. The van der Waals surface area contributed by atoms with Crippen LogP contribution in [0.1, 0.15) is 21.8 Å². The number of nitrogens with zero attached hydrogens (tertiary/aromatic N) is 2. The molecule has 2 amide bonds. The molecule has 0 atom stereocenters. The summed E-state index contributed by atoms with van der Waals surface area (Å²) in [5.74, 6) is 0.0419. The van der Waals surface area contributed by atoms with Crippen LogP contribution in [0.2, 0.25) is 0 Å². The third-order valence-electron chi connectivity index (χ3n) is 3.09. The number of anilines is 2. The largest absolute Gasteiger partial charge is 0.444 e. The number of thiazole rings is 1. The first-order valence-corrected chi connectivity index (χ1v) is 8.90. The molecule has 0 spiro atoms. The minimum Gasteiger partial charge on any atom is -0.444 e. The Morgan fingerprint density at radius 2 is 2.12 bits per heavy atom. The third-order valence-corrected chi connectivity index (χ3v) is 4.33. The van der Waals surface area contributed by atoms with Crippen molar-refractivity contribution >= 4 is 50.0 Å². The number of pyridine rings is 1. The maximum absolute atomic E-state index is 12.1. The van der Waals surface area contributed by atoms with Crippen LogP contribution in [0.25, 0.3) is 0 Å². The lowest BCUT2D eigenvalue weighted by molar-refractivity contribution is -0.115. The van der Waals surface area contributed by atoms with Crippen LogP contribution >= 0.6 is 27.3 Å². The zero-order valence-electron chi connectivity index (χ0n) is 13.1. The van der Waals surface area contributed by atoms with Crippen LogP contribution in [0.15, 0.2) is 44.9 Å². The molecule has 25 heavy (non-hydrogen) atoms. The van der Waals surface area contributed by atoms with Crippen LogP contribution in [-0.4, -0.2) is 21.8 Å². The molecular weight excluding hydrogens is 408 g/mol. The van der Waals surface area contributed by atoms with Gasteiger partial charge in [-0.1, -0.05) is 0 Å². The zero-order chi connectivity index (χ0) is 17.8. The number of furan rings is 1. The van der Waals surface area contributed by atoms with Crippen molar-refractivity contribution in [1.29, 1.82) is 0 Å². The highest BCUT2D eigenvalue weighted by atomic mass is 79.9. The molecule has 128 valence electrons. The summed E-state index contributed by atoms with van der Waals surface area (Å²) in [4.78, 5) is 32.4. The Morgan fingerprint density at radius 3 is 2.84 bits per heavy atom. The van der Waals surface area contributed by atoms with Crippen molar-refractivity contribution in [3.63, 3.8) is 0 Å². The summed E-state index contributed by atoms with van der Waals surface area (Å²) in [6.45, 7) is 1.92. The van der Waals surface area contributed by atoms with E-state index < -0.39 is 5.91 Å². The summed E-state index contributed by atoms with van der Waals surface area (Å²) < 4.78 is 5.65. The van der Waals surface area contributed by atoms with Crippen molar-refractivity contribution in [3.05, 3.63) is 57.5 Å². The van der Waals surface area contributed by atoms with E-state index >= 15 is 0 Å². The maximum atomic E-state index is 12.1. The topological polar surface area (TPSA) is 97.1 Å². The quantitative estimate of drug-likeness (QED) is 0.656. The molecule has 0 aromatic carbocycles. The summed E-state index contributed by atoms with van der Waals surface area (Å²) >= 11 is 4.38. The van der Waals surface area contributed by atoms with Gasteiger partial charge in [0.15, 0.2) is 15.6 Å². The molecule has 0 radical (unpaired) electrons. The van der Waals surface area contributed by atoms with Crippen molar-refractivity contribution in [2.45, 2.75) is 13.3 Å². The Bertz CT molecular complexity index is 922. The lowest BCUT2D eigenvalue weighted by Gasteiger charge is -2.03. The molecule has 0 saturated heterocycles. The number of rotatable bonds is 5. The number of hydrogen-bond acceptors (Lipinski definition) is 6. The van der Waals surface area contributed by atoms with Crippen molar-refractivity contribution in [2.75, 3.05) is 10.6 Å². The molecule has 0 saturated carbocycles. The molecule has 3 rings (SSSR count). The summed E-state index contributed by atoms with van der Waals surface area (Å²) in [5, 5.41) is 7.47. The fraction of sp³-hybridized carbons (Fsp3) is 0.125. The van der Waals surface area contributed by atoms with Crippen LogP contribution in [0.4, 0.5) is 10.9 Å². The van der Waals surface area contributed by atoms with Gasteiger partial charge < -0.3 is 9.73 Å². The van der Waals surface area contributed by atoms with E-state index in [4.69, 9.17) is 4.42 Å². The molecule has 3 aromatic rings. The van der Waals surface area contributed by atoms with Crippen molar-refractivity contribution in [2.24, 2.45) is 0 Å². The summed E-state index contributed by atoms with van der Waals surface area (Å²) in [6, 6.07) is 6.82. The van der Waals surface area contributed by atoms with Crippen LogP contribution in [-0.2, 0) is 11.2 Å². The predicted octanol–water partition coefficient (Wildman–Crippen LogP) is 3.64. The van der Waals surface area contributed by atoms with E-state index in [0.717, 1.165) is 5.56 Å². The van der Waals surface area contributed by atoms with Crippen LogP contribution in [0.3, 0.4) is 0 Å². The number of carbonyl (C=O) groups is 2. The number of aryl methyl sites for hydroxylation is 1. The number of carbonyl (C=O) groups excluding carboxylic acids is 2. The minimum atomic E-state index is -0.403. The van der Waals surface area contributed by atoms with Gasteiger partial charge in [-0.3, -0.25) is 14.9 Å². The predicted molar refractivity (Wildman–Crippen MR) is 97.8 cm³/mol. The molecule has 0 fully saturated rings. The van der Waals surface area contributed by atoms with Gasteiger partial charge in [0.25, 0.3) is 5.91 Å². The Morgan fingerprint density at radius 1 is 1.28 bits per heavy atom. The molecule has 9 heteroatoms. The molecule has 3 heterocycles. The highest BCUT2D eigenvalue weighted by Gasteiger charge is 2.14. The summed E-state index contributed by atoms with van der Waals surface area (Å²) in [7, 11) is 0. The van der Waals surface area contributed by atoms with Gasteiger partial charge in [-0.25, -0.2) is 9.97 Å². The Kier molecular flexibility index (Phi) is 5.25. The number of nitrogens with one attached hydrogen (secondary N) is 2. The van der Waals surface area contributed by atoms with Gasteiger partial charge in [-0.05, 0) is 52.7 Å². The van der Waals surface area contributed by atoms with Gasteiger partial charge in [0.05, 0.1) is 12.1 Å². The third kappa shape index (κ3) is 4.74. The van der Waals surface area contributed by atoms with Crippen LogP contribution in [0, 0.1) is 6.92 Å². The van der Waals surface area contributed by atoms with Gasteiger partial charge >= 0.3 is 0 Å². The second-order valence-electron chi connectivity index (χ2n) is 5.15. The van der Waals surface area contributed by atoms with Gasteiger partial charge in [-0.15, -0.1) is 11.3 Å². The van der Waals surface area contributed by atoms with E-state index in [1.165, 1.54) is 11.3 Å². The Balaban J connectivity index is 1.57. The molecular formula is C16H13BrN4O3S. The monoisotopic (exact) mass is 420 g/mol. The van der Waals surface area contributed by atoms with E-state index in [1.54, 1.807) is 29.8 Å². The minimum absolute atomic E-state index is 0.0916.